The maximum atomic E-state index is 12.8. The number of benzene rings is 1. The third kappa shape index (κ3) is 4.37. The van der Waals surface area contributed by atoms with Crippen molar-refractivity contribution >= 4 is 17.5 Å². The van der Waals surface area contributed by atoms with Crippen molar-refractivity contribution in [3.8, 4) is 5.75 Å². The molecule has 1 aromatic rings. The lowest BCUT2D eigenvalue weighted by Gasteiger charge is -2.28. The van der Waals surface area contributed by atoms with Gasteiger partial charge >= 0.3 is 0 Å². The smallest absolute Gasteiger partial charge is 0.254 e. The number of hydrogen-bond donors (Lipinski definition) is 0. The quantitative estimate of drug-likeness (QED) is 0.710. The van der Waals surface area contributed by atoms with Crippen LogP contribution in [0.1, 0.15) is 49.4 Å². The van der Waals surface area contributed by atoms with E-state index in [2.05, 4.69) is 6.92 Å². The van der Waals surface area contributed by atoms with Crippen molar-refractivity contribution < 1.29 is 9.53 Å². The maximum absolute atomic E-state index is 12.8. The van der Waals surface area contributed by atoms with Gasteiger partial charge in [-0.25, -0.2) is 0 Å². The molecule has 1 aromatic carbocycles. The predicted octanol–water partition coefficient (Wildman–Crippen LogP) is 4.10. The topological polar surface area (TPSA) is 29.5 Å². The molecule has 0 radical (unpaired) electrons. The van der Waals surface area contributed by atoms with Crippen molar-refractivity contribution in [1.82, 2.24) is 4.90 Å². The maximum Gasteiger partial charge on any atom is 0.254 e. The van der Waals surface area contributed by atoms with Crippen LogP contribution in [0.25, 0.3) is 0 Å². The fourth-order valence-corrected chi connectivity index (χ4v) is 3.04. The molecule has 1 aliphatic rings. The second-order valence-corrected chi connectivity index (χ2v) is 5.88. The van der Waals surface area contributed by atoms with E-state index < -0.39 is 0 Å². The van der Waals surface area contributed by atoms with E-state index >= 15 is 0 Å². The minimum absolute atomic E-state index is 0.0736. The van der Waals surface area contributed by atoms with Crippen molar-refractivity contribution in [3.05, 3.63) is 29.8 Å². The first-order chi connectivity index (χ1) is 10.3. The molecule has 1 saturated carbocycles. The van der Waals surface area contributed by atoms with Gasteiger partial charge in [0, 0.05) is 24.0 Å². The van der Waals surface area contributed by atoms with Gasteiger partial charge in [-0.15, -0.1) is 11.6 Å². The number of amides is 1. The summed E-state index contributed by atoms with van der Waals surface area (Å²) < 4.78 is 5.61. The summed E-state index contributed by atoms with van der Waals surface area (Å²) in [6, 6.07) is 7.82. The highest BCUT2D eigenvalue weighted by Gasteiger charge is 2.27. The van der Waals surface area contributed by atoms with E-state index in [9.17, 15) is 4.79 Å². The number of hydrogen-bond acceptors (Lipinski definition) is 2. The van der Waals surface area contributed by atoms with Crippen molar-refractivity contribution in [1.29, 1.82) is 0 Å². The summed E-state index contributed by atoms with van der Waals surface area (Å²) in [5, 5.41) is 0. The summed E-state index contributed by atoms with van der Waals surface area (Å²) in [5.41, 5.74) is 0.695. The predicted molar refractivity (Wildman–Crippen MR) is 86.2 cm³/mol. The van der Waals surface area contributed by atoms with Crippen LogP contribution in [0.15, 0.2) is 24.3 Å². The Morgan fingerprint density at radius 3 is 2.81 bits per heavy atom. The van der Waals surface area contributed by atoms with Gasteiger partial charge in [0.2, 0.25) is 0 Å². The minimum atomic E-state index is 0.0736. The second kappa shape index (κ2) is 8.28. The Bertz CT molecular complexity index is 458. The summed E-state index contributed by atoms with van der Waals surface area (Å²) in [5.74, 6) is 1.32. The van der Waals surface area contributed by atoms with E-state index in [4.69, 9.17) is 16.3 Å². The monoisotopic (exact) mass is 309 g/mol. The van der Waals surface area contributed by atoms with Crippen LogP contribution in [-0.2, 0) is 0 Å². The first kappa shape index (κ1) is 16.2. The molecule has 3 nitrogen and oxygen atoms in total. The summed E-state index contributed by atoms with van der Waals surface area (Å²) in [4.78, 5) is 14.7. The van der Waals surface area contributed by atoms with Gasteiger partial charge in [0.05, 0.1) is 6.61 Å². The number of alkyl halides is 1. The first-order valence-corrected chi connectivity index (χ1v) is 8.39. The Kier molecular flexibility index (Phi) is 6.37. The van der Waals surface area contributed by atoms with Gasteiger partial charge in [-0.2, -0.15) is 0 Å². The second-order valence-electron chi connectivity index (χ2n) is 5.50. The molecule has 1 fully saturated rings. The summed E-state index contributed by atoms with van der Waals surface area (Å²) in [7, 11) is 0. The van der Waals surface area contributed by atoms with Crippen LogP contribution in [0.2, 0.25) is 0 Å². The molecule has 2 rings (SSSR count). The molecular formula is C17H24ClNO2. The molecule has 1 amide bonds. The number of rotatable bonds is 7. The van der Waals surface area contributed by atoms with Gasteiger partial charge in [-0.05, 0) is 37.5 Å². The van der Waals surface area contributed by atoms with E-state index in [1.165, 1.54) is 12.8 Å². The van der Waals surface area contributed by atoms with E-state index in [1.807, 2.05) is 29.2 Å². The molecule has 1 aliphatic carbocycles. The molecule has 0 saturated heterocycles. The fourth-order valence-electron chi connectivity index (χ4n) is 2.86. The molecule has 4 heteroatoms. The van der Waals surface area contributed by atoms with E-state index in [0.717, 1.165) is 25.0 Å². The highest BCUT2D eigenvalue weighted by atomic mass is 35.5. The van der Waals surface area contributed by atoms with Crippen molar-refractivity contribution in [2.24, 2.45) is 0 Å². The Hall–Kier alpha value is -1.22. The minimum Gasteiger partial charge on any atom is -0.494 e. The third-order valence-electron chi connectivity index (χ3n) is 3.91. The first-order valence-electron chi connectivity index (χ1n) is 7.86. The molecule has 0 aliphatic heterocycles. The van der Waals surface area contributed by atoms with Crippen molar-refractivity contribution in [3.63, 3.8) is 0 Å². The zero-order chi connectivity index (χ0) is 15.1. The zero-order valence-corrected chi connectivity index (χ0v) is 13.4. The molecular weight excluding hydrogens is 286 g/mol. The van der Waals surface area contributed by atoms with Crippen LogP contribution in [0.4, 0.5) is 0 Å². The Morgan fingerprint density at radius 2 is 2.14 bits per heavy atom. The van der Waals surface area contributed by atoms with Gasteiger partial charge in [-0.1, -0.05) is 25.8 Å². The Morgan fingerprint density at radius 1 is 1.38 bits per heavy atom. The molecule has 0 unspecified atom stereocenters. The van der Waals surface area contributed by atoms with Gasteiger partial charge < -0.3 is 9.64 Å². The molecule has 0 heterocycles. The van der Waals surface area contributed by atoms with Crippen LogP contribution >= 0.6 is 11.6 Å². The highest BCUT2D eigenvalue weighted by Crippen LogP contribution is 2.25. The number of ether oxygens (including phenoxy) is 1. The lowest BCUT2D eigenvalue weighted by Crippen LogP contribution is -2.40. The van der Waals surface area contributed by atoms with Gasteiger partial charge in [0.15, 0.2) is 0 Å². The summed E-state index contributed by atoms with van der Waals surface area (Å²) >= 11 is 5.89. The normalized spacial score (nSPS) is 15.1. The van der Waals surface area contributed by atoms with E-state index in [1.54, 1.807) is 0 Å². The zero-order valence-electron chi connectivity index (χ0n) is 12.7. The number of nitrogens with zero attached hydrogens (tertiary/aromatic N) is 1. The lowest BCUT2D eigenvalue weighted by atomic mass is 10.1. The standard InChI is InChI=1S/C17H24ClNO2/c1-2-12-21-16-9-5-6-14(13-16)17(20)19(11-10-18)15-7-3-4-8-15/h5-6,9,13,15H,2-4,7-8,10-12H2,1H3. The average Bonchev–Trinajstić information content (AvgIpc) is 3.04. The lowest BCUT2D eigenvalue weighted by molar-refractivity contribution is 0.0694. The average molecular weight is 310 g/mol. The van der Waals surface area contributed by atoms with Crippen LogP contribution in [-0.4, -0.2) is 35.9 Å². The van der Waals surface area contributed by atoms with Gasteiger partial charge in [0.25, 0.3) is 5.91 Å². The number of carbonyl (C=O) groups is 1. The highest BCUT2D eigenvalue weighted by molar-refractivity contribution is 6.18. The van der Waals surface area contributed by atoms with Crippen LogP contribution in [0, 0.1) is 0 Å². The van der Waals surface area contributed by atoms with E-state index in [-0.39, 0.29) is 5.91 Å². The third-order valence-corrected chi connectivity index (χ3v) is 4.07. The van der Waals surface area contributed by atoms with Crippen LogP contribution in [0.5, 0.6) is 5.75 Å². The van der Waals surface area contributed by atoms with Crippen LogP contribution in [0.3, 0.4) is 0 Å². The van der Waals surface area contributed by atoms with Gasteiger partial charge in [-0.3, -0.25) is 4.79 Å². The summed E-state index contributed by atoms with van der Waals surface area (Å²) in [6.45, 7) is 3.36. The molecule has 21 heavy (non-hydrogen) atoms. The van der Waals surface area contributed by atoms with Gasteiger partial charge in [0.1, 0.15) is 5.75 Å². The molecule has 0 atom stereocenters. The summed E-state index contributed by atoms with van der Waals surface area (Å²) in [6.07, 6.45) is 5.55. The Labute approximate surface area is 132 Å². The number of carbonyl (C=O) groups excluding carboxylic acids is 1. The fraction of sp³-hybridized carbons (Fsp3) is 0.588. The Balaban J connectivity index is 2.11. The van der Waals surface area contributed by atoms with E-state index in [0.29, 0.717) is 30.6 Å². The SMILES string of the molecule is CCCOc1cccc(C(=O)N(CCCl)C2CCCC2)c1. The number of halogens is 1. The largest absolute Gasteiger partial charge is 0.494 e. The van der Waals surface area contributed by atoms with Crippen molar-refractivity contribution in [2.45, 2.75) is 45.1 Å². The molecule has 0 aromatic heterocycles. The van der Waals surface area contributed by atoms with Crippen molar-refractivity contribution in [2.75, 3.05) is 19.0 Å². The molecule has 0 spiro atoms. The molecule has 116 valence electrons. The van der Waals surface area contributed by atoms with Crippen LogP contribution < -0.4 is 4.74 Å². The molecule has 0 bridgehead atoms. The molecule has 0 N–H and O–H groups in total.